The molecule has 0 bridgehead atoms. The van der Waals surface area contributed by atoms with E-state index in [1.54, 1.807) is 6.92 Å². The van der Waals surface area contributed by atoms with Crippen molar-refractivity contribution >= 4 is 5.97 Å². The van der Waals surface area contributed by atoms with Crippen LogP contribution in [0.4, 0.5) is 0 Å². The van der Waals surface area contributed by atoms with Crippen LogP contribution < -0.4 is 0 Å². The van der Waals surface area contributed by atoms with Crippen LogP contribution in [0.15, 0.2) is 24.3 Å². The molecular weight excluding hydrogens is 188 g/mol. The van der Waals surface area contributed by atoms with E-state index in [1.165, 1.54) is 5.56 Å². The van der Waals surface area contributed by atoms with Gasteiger partial charge in [-0.3, -0.25) is 4.79 Å². The van der Waals surface area contributed by atoms with Gasteiger partial charge in [-0.2, -0.15) is 0 Å². The Kier molecular flexibility index (Phi) is 3.38. The third-order valence-corrected chi connectivity index (χ3v) is 2.48. The van der Waals surface area contributed by atoms with E-state index in [0.717, 1.165) is 12.0 Å². The lowest BCUT2D eigenvalue weighted by molar-refractivity contribution is -0.138. The van der Waals surface area contributed by atoms with Crippen LogP contribution in [-0.2, 0) is 11.2 Å². The summed E-state index contributed by atoms with van der Waals surface area (Å²) in [6.07, 6.45) is 1.04. The average molecular weight is 207 g/mol. The van der Waals surface area contributed by atoms with Crippen LogP contribution in [-0.4, -0.2) is 11.1 Å². The predicted molar refractivity (Wildman–Crippen MR) is 61.0 cm³/mol. The molecule has 0 fully saturated rings. The Bertz CT molecular complexity index is 343. The van der Waals surface area contributed by atoms with E-state index in [9.17, 15) is 4.79 Å². The highest BCUT2D eigenvalue weighted by atomic mass is 16.4. The first-order chi connectivity index (χ1) is 7.54. The molecule has 1 rings (SSSR count). The third kappa shape index (κ3) is 3.39. The van der Waals surface area contributed by atoms with E-state index < -0.39 is 5.97 Å². The lowest BCUT2D eigenvalue weighted by atomic mass is 9.97. The number of hydrogen-bond acceptors (Lipinski definition) is 2. The highest BCUT2D eigenvalue weighted by Gasteiger charge is 2.12. The Hall–Kier alpha value is -1.31. The molecule has 82 valence electrons. The first-order valence-corrected chi connectivity index (χ1v) is 5.30. The van der Waals surface area contributed by atoms with Crippen molar-refractivity contribution in [1.29, 1.82) is 1.43 Å². The van der Waals surface area contributed by atoms with Crippen molar-refractivity contribution in [3.05, 3.63) is 35.4 Å². The van der Waals surface area contributed by atoms with Gasteiger partial charge in [-0.05, 0) is 30.4 Å². The monoisotopic (exact) mass is 207 g/mol. The molecule has 1 unspecified atom stereocenters. The van der Waals surface area contributed by atoms with Crippen LogP contribution >= 0.6 is 0 Å². The van der Waals surface area contributed by atoms with Crippen LogP contribution in [0.25, 0.3) is 1.43 Å². The molecule has 0 radical (unpaired) electrons. The minimum absolute atomic E-state index is 0.370. The predicted octanol–water partition coefficient (Wildman–Crippen LogP) is 3.07. The minimum Gasteiger partial charge on any atom is -0.481 e. The molecule has 2 heteroatoms. The number of rotatable bonds is 4. The molecular formula is C13H18O2. The van der Waals surface area contributed by atoms with Crippen LogP contribution in [0, 0.1) is 5.92 Å². The summed E-state index contributed by atoms with van der Waals surface area (Å²) in [6.45, 7) is 6.09. The van der Waals surface area contributed by atoms with Gasteiger partial charge in [0.1, 0.15) is 0 Å². The smallest absolute Gasteiger partial charge is 0.310 e. The number of carboxylic acid groups (broad SMARTS) is 1. The number of benzene rings is 1. The molecule has 0 heterocycles. The Morgan fingerprint density at radius 2 is 1.93 bits per heavy atom. The van der Waals surface area contributed by atoms with Gasteiger partial charge in [-0.1, -0.05) is 38.1 Å². The van der Waals surface area contributed by atoms with Crippen molar-refractivity contribution < 1.29 is 9.90 Å². The largest absolute Gasteiger partial charge is 0.481 e. The first-order valence-electron chi connectivity index (χ1n) is 5.71. The summed E-state index contributed by atoms with van der Waals surface area (Å²) in [5, 5.41) is 3.97. The number of carbonyl (C=O) groups is 1. The summed E-state index contributed by atoms with van der Waals surface area (Å²) in [5.41, 5.74) is 2.16. The van der Waals surface area contributed by atoms with Gasteiger partial charge in [-0.15, -0.1) is 0 Å². The molecule has 0 aromatic heterocycles. The molecule has 1 atom stereocenters. The molecule has 1 aromatic rings. The fraction of sp³-hybridized carbons (Fsp3) is 0.462. The van der Waals surface area contributed by atoms with Gasteiger partial charge in [0.25, 0.3) is 1.43 Å². The molecule has 2 nitrogen and oxygen atoms in total. The molecule has 15 heavy (non-hydrogen) atoms. The van der Waals surface area contributed by atoms with Gasteiger partial charge in [0, 0.05) is 0 Å². The lowest BCUT2D eigenvalue weighted by Crippen LogP contribution is -2.07. The van der Waals surface area contributed by atoms with Gasteiger partial charge in [0.15, 0.2) is 0 Å². The molecule has 0 amide bonds. The fourth-order valence-corrected chi connectivity index (χ4v) is 1.55. The highest BCUT2D eigenvalue weighted by Crippen LogP contribution is 2.17. The van der Waals surface area contributed by atoms with Crippen LogP contribution in [0.3, 0.4) is 0 Å². The standard InChI is InChI=1S/C13H18O2/c1-9(2)8-11-4-6-12(7-5-11)10(3)13(14)15/h4-7,9-10H,8H2,1-3H3,(H,14,15)/i/hD. The van der Waals surface area contributed by atoms with E-state index in [1.807, 2.05) is 24.3 Å². The Balaban J connectivity index is 2.74. The van der Waals surface area contributed by atoms with Crippen LogP contribution in [0.1, 0.15) is 37.8 Å². The maximum atomic E-state index is 11.2. The second-order valence-electron chi connectivity index (χ2n) is 4.38. The summed E-state index contributed by atoms with van der Waals surface area (Å²) in [5.74, 6) is -0.260. The lowest BCUT2D eigenvalue weighted by Gasteiger charge is -2.09. The second-order valence-corrected chi connectivity index (χ2v) is 4.38. The maximum absolute atomic E-state index is 11.2. The van der Waals surface area contributed by atoms with Crippen molar-refractivity contribution in [3.63, 3.8) is 0 Å². The summed E-state index contributed by atoms with van der Waals surface area (Å²) < 4.78 is 6.57. The van der Waals surface area contributed by atoms with Crippen molar-refractivity contribution in [2.45, 2.75) is 33.1 Å². The zero-order chi connectivity index (χ0) is 12.1. The molecule has 1 N–H and O–H groups in total. The molecule has 1 aromatic carbocycles. The highest BCUT2D eigenvalue weighted by molar-refractivity contribution is 5.75. The molecule has 0 saturated carbocycles. The van der Waals surface area contributed by atoms with Crippen molar-refractivity contribution in [1.82, 2.24) is 0 Å². The number of hydrogen-bond donors (Lipinski definition) is 1. The molecule has 0 aliphatic carbocycles. The molecule has 0 aliphatic heterocycles. The molecule has 0 saturated heterocycles. The fourth-order valence-electron chi connectivity index (χ4n) is 1.55. The minimum atomic E-state index is -0.517. The normalized spacial score (nSPS) is 13.5. The van der Waals surface area contributed by atoms with E-state index in [0.29, 0.717) is 5.92 Å². The second kappa shape index (κ2) is 4.96. The third-order valence-electron chi connectivity index (χ3n) is 2.48. The van der Waals surface area contributed by atoms with Crippen molar-refractivity contribution in [2.75, 3.05) is 0 Å². The Morgan fingerprint density at radius 3 is 2.40 bits per heavy atom. The SMILES string of the molecule is [2H]OC(=O)C(C)c1ccc(CC(C)C)cc1. The zero-order valence-electron chi connectivity index (χ0n) is 10.5. The van der Waals surface area contributed by atoms with E-state index in [2.05, 4.69) is 19.0 Å². The molecule has 0 spiro atoms. The van der Waals surface area contributed by atoms with E-state index >= 15 is 0 Å². The van der Waals surface area contributed by atoms with Crippen molar-refractivity contribution in [3.8, 4) is 0 Å². The zero-order valence-corrected chi connectivity index (χ0v) is 9.49. The van der Waals surface area contributed by atoms with Gasteiger partial charge < -0.3 is 5.11 Å². The maximum Gasteiger partial charge on any atom is 0.310 e. The van der Waals surface area contributed by atoms with Gasteiger partial charge in [0.05, 0.1) is 5.92 Å². The van der Waals surface area contributed by atoms with Gasteiger partial charge >= 0.3 is 5.97 Å². The van der Waals surface area contributed by atoms with Crippen molar-refractivity contribution in [2.24, 2.45) is 5.92 Å². The van der Waals surface area contributed by atoms with E-state index in [-0.39, 0.29) is 5.92 Å². The summed E-state index contributed by atoms with van der Waals surface area (Å²) in [6, 6.07) is 7.92. The molecule has 0 aliphatic rings. The van der Waals surface area contributed by atoms with Crippen LogP contribution in [0.5, 0.6) is 0 Å². The average Bonchev–Trinajstić information content (AvgIpc) is 2.27. The topological polar surface area (TPSA) is 37.3 Å². The van der Waals surface area contributed by atoms with Crippen LogP contribution in [0.2, 0.25) is 0 Å². The van der Waals surface area contributed by atoms with Gasteiger partial charge in [-0.25, -0.2) is 0 Å². The summed E-state index contributed by atoms with van der Waals surface area (Å²) >= 11 is 0. The van der Waals surface area contributed by atoms with Gasteiger partial charge in [0.2, 0.25) is 0 Å². The number of aliphatic carboxylic acids is 1. The summed E-state index contributed by atoms with van der Waals surface area (Å²) in [4.78, 5) is 11.2. The quantitative estimate of drug-likeness (QED) is 0.823. The summed E-state index contributed by atoms with van der Waals surface area (Å²) in [7, 11) is 0. The Morgan fingerprint density at radius 1 is 1.33 bits per heavy atom. The van der Waals surface area contributed by atoms with E-state index in [4.69, 9.17) is 1.43 Å². The number of carboxylic acids is 1. The first kappa shape index (κ1) is 10.2. The Labute approximate surface area is 92.4 Å².